The Morgan fingerprint density at radius 2 is 2.07 bits per heavy atom. The third-order valence-corrected chi connectivity index (χ3v) is 4.82. The van der Waals surface area contributed by atoms with Crippen molar-refractivity contribution in [1.82, 2.24) is 20.1 Å². The lowest BCUT2D eigenvalue weighted by Crippen LogP contribution is -2.20. The van der Waals surface area contributed by atoms with E-state index in [0.29, 0.717) is 18.3 Å². The van der Waals surface area contributed by atoms with Gasteiger partial charge in [0.1, 0.15) is 5.76 Å². The SMILES string of the molecule is O=C(/C=C/c1ccco1)NCc1cc(-c2ccncc2)n(C2CCCC2)n1. The van der Waals surface area contributed by atoms with Gasteiger partial charge in [-0.1, -0.05) is 12.8 Å². The zero-order valence-electron chi connectivity index (χ0n) is 15.0. The van der Waals surface area contributed by atoms with Gasteiger partial charge >= 0.3 is 0 Å². The molecule has 0 aromatic carbocycles. The van der Waals surface area contributed by atoms with Crippen molar-refractivity contribution in [3.05, 3.63) is 66.5 Å². The summed E-state index contributed by atoms with van der Waals surface area (Å²) in [6.07, 6.45) is 13.1. The molecule has 0 saturated heterocycles. The Hall–Kier alpha value is -3.15. The lowest BCUT2D eigenvalue weighted by atomic mass is 10.1. The number of pyridine rings is 1. The molecule has 1 aliphatic rings. The van der Waals surface area contributed by atoms with Gasteiger partial charge in [0.2, 0.25) is 5.91 Å². The van der Waals surface area contributed by atoms with Crippen LogP contribution < -0.4 is 5.32 Å². The number of hydrogen-bond donors (Lipinski definition) is 1. The standard InChI is InChI=1S/C21H22N4O2/c26-21(8-7-19-6-3-13-27-19)23-15-17-14-20(16-9-11-22-12-10-16)25(24-17)18-4-1-2-5-18/h3,6-14,18H,1-2,4-5,15H2,(H,23,26)/b8-7+. The molecule has 1 saturated carbocycles. The number of carbonyl (C=O) groups is 1. The average Bonchev–Trinajstić information content (AvgIpc) is 3.47. The molecule has 1 fully saturated rings. The summed E-state index contributed by atoms with van der Waals surface area (Å²) in [5.41, 5.74) is 3.04. The third-order valence-electron chi connectivity index (χ3n) is 4.82. The number of carbonyl (C=O) groups excluding carboxylic acids is 1. The van der Waals surface area contributed by atoms with E-state index >= 15 is 0 Å². The molecule has 0 aliphatic heterocycles. The molecule has 3 heterocycles. The van der Waals surface area contributed by atoms with Crippen molar-refractivity contribution >= 4 is 12.0 Å². The number of hydrogen-bond acceptors (Lipinski definition) is 4. The Morgan fingerprint density at radius 1 is 1.26 bits per heavy atom. The second-order valence-corrected chi connectivity index (χ2v) is 6.71. The van der Waals surface area contributed by atoms with Crippen LogP contribution >= 0.6 is 0 Å². The zero-order chi connectivity index (χ0) is 18.5. The molecule has 1 N–H and O–H groups in total. The van der Waals surface area contributed by atoms with Crippen molar-refractivity contribution in [2.45, 2.75) is 38.3 Å². The van der Waals surface area contributed by atoms with Crippen molar-refractivity contribution in [2.24, 2.45) is 0 Å². The quantitative estimate of drug-likeness (QED) is 0.673. The molecular formula is C21H22N4O2. The summed E-state index contributed by atoms with van der Waals surface area (Å²) in [6, 6.07) is 10.1. The average molecular weight is 362 g/mol. The van der Waals surface area contributed by atoms with Gasteiger partial charge in [0, 0.05) is 24.0 Å². The van der Waals surface area contributed by atoms with Crippen LogP contribution in [0.3, 0.4) is 0 Å². The predicted molar refractivity (Wildman–Crippen MR) is 103 cm³/mol. The van der Waals surface area contributed by atoms with E-state index in [1.54, 1.807) is 36.9 Å². The van der Waals surface area contributed by atoms with Crippen molar-refractivity contribution in [1.29, 1.82) is 0 Å². The minimum atomic E-state index is -0.174. The third kappa shape index (κ3) is 4.16. The molecule has 138 valence electrons. The molecule has 27 heavy (non-hydrogen) atoms. The smallest absolute Gasteiger partial charge is 0.244 e. The number of nitrogens with one attached hydrogen (secondary N) is 1. The largest absolute Gasteiger partial charge is 0.465 e. The summed E-state index contributed by atoms with van der Waals surface area (Å²) in [5, 5.41) is 7.68. The molecule has 0 spiro atoms. The van der Waals surface area contributed by atoms with Crippen LogP contribution in [0.4, 0.5) is 0 Å². The summed E-state index contributed by atoms with van der Waals surface area (Å²) < 4.78 is 7.31. The van der Waals surface area contributed by atoms with E-state index in [1.807, 2.05) is 12.1 Å². The normalized spacial score (nSPS) is 14.8. The number of rotatable bonds is 6. The molecule has 4 rings (SSSR count). The molecule has 6 heteroatoms. The first kappa shape index (κ1) is 17.3. The van der Waals surface area contributed by atoms with Crippen molar-refractivity contribution in [3.63, 3.8) is 0 Å². The second-order valence-electron chi connectivity index (χ2n) is 6.71. The van der Waals surface area contributed by atoms with Gasteiger partial charge in [0.05, 0.1) is 30.2 Å². The fourth-order valence-electron chi connectivity index (χ4n) is 3.48. The van der Waals surface area contributed by atoms with Gasteiger partial charge in [0.15, 0.2) is 0 Å². The van der Waals surface area contributed by atoms with E-state index in [1.165, 1.54) is 18.9 Å². The topological polar surface area (TPSA) is 73.0 Å². The summed E-state index contributed by atoms with van der Waals surface area (Å²) in [6.45, 7) is 0.388. The highest BCUT2D eigenvalue weighted by Gasteiger charge is 2.22. The maximum atomic E-state index is 12.0. The molecule has 0 atom stereocenters. The number of aromatic nitrogens is 3. The van der Waals surface area contributed by atoms with E-state index in [4.69, 9.17) is 9.52 Å². The highest BCUT2D eigenvalue weighted by atomic mass is 16.3. The van der Waals surface area contributed by atoms with Crippen LogP contribution in [0, 0.1) is 0 Å². The number of furan rings is 1. The van der Waals surface area contributed by atoms with Crippen LogP contribution in [0.15, 0.2) is 59.5 Å². The van der Waals surface area contributed by atoms with Crippen LogP contribution in [0.5, 0.6) is 0 Å². The van der Waals surface area contributed by atoms with Gasteiger partial charge in [0.25, 0.3) is 0 Å². The molecule has 1 amide bonds. The van der Waals surface area contributed by atoms with Gasteiger partial charge in [-0.05, 0) is 49.2 Å². The Kier molecular flexibility index (Phi) is 5.14. The molecule has 6 nitrogen and oxygen atoms in total. The van der Waals surface area contributed by atoms with E-state index in [-0.39, 0.29) is 5.91 Å². The molecular weight excluding hydrogens is 340 g/mol. The van der Waals surface area contributed by atoms with Crippen molar-refractivity contribution in [3.8, 4) is 11.3 Å². The van der Waals surface area contributed by atoms with Gasteiger partial charge in [-0.25, -0.2) is 0 Å². The van der Waals surface area contributed by atoms with Crippen molar-refractivity contribution in [2.75, 3.05) is 0 Å². The molecule has 0 bridgehead atoms. The van der Waals surface area contributed by atoms with E-state index in [9.17, 15) is 4.79 Å². The predicted octanol–water partition coefficient (Wildman–Crippen LogP) is 3.98. The van der Waals surface area contributed by atoms with Crippen LogP contribution in [-0.4, -0.2) is 20.7 Å². The van der Waals surface area contributed by atoms with E-state index < -0.39 is 0 Å². The minimum Gasteiger partial charge on any atom is -0.465 e. The van der Waals surface area contributed by atoms with Crippen LogP contribution in [-0.2, 0) is 11.3 Å². The first-order valence-electron chi connectivity index (χ1n) is 9.28. The van der Waals surface area contributed by atoms with E-state index in [0.717, 1.165) is 29.8 Å². The van der Waals surface area contributed by atoms with Crippen LogP contribution in [0.2, 0.25) is 0 Å². The van der Waals surface area contributed by atoms with Gasteiger partial charge in [-0.15, -0.1) is 0 Å². The fraction of sp³-hybridized carbons (Fsp3) is 0.286. The summed E-state index contributed by atoms with van der Waals surface area (Å²) in [4.78, 5) is 16.2. The summed E-state index contributed by atoms with van der Waals surface area (Å²) in [7, 11) is 0. The second kappa shape index (κ2) is 8.03. The monoisotopic (exact) mass is 362 g/mol. The van der Waals surface area contributed by atoms with Gasteiger partial charge in [-0.2, -0.15) is 5.10 Å². The molecule has 3 aromatic rings. The summed E-state index contributed by atoms with van der Waals surface area (Å²) in [5.74, 6) is 0.475. The van der Waals surface area contributed by atoms with Crippen LogP contribution in [0.25, 0.3) is 17.3 Å². The molecule has 0 radical (unpaired) electrons. The Bertz CT molecular complexity index is 907. The highest BCUT2D eigenvalue weighted by molar-refractivity contribution is 5.91. The first-order chi connectivity index (χ1) is 13.3. The van der Waals surface area contributed by atoms with E-state index in [2.05, 4.69) is 21.0 Å². The lowest BCUT2D eigenvalue weighted by molar-refractivity contribution is -0.116. The maximum absolute atomic E-state index is 12.0. The molecule has 1 aliphatic carbocycles. The molecule has 3 aromatic heterocycles. The first-order valence-corrected chi connectivity index (χ1v) is 9.28. The zero-order valence-corrected chi connectivity index (χ0v) is 15.0. The minimum absolute atomic E-state index is 0.174. The van der Waals surface area contributed by atoms with Crippen LogP contribution in [0.1, 0.15) is 43.2 Å². The number of nitrogens with zero attached hydrogens (tertiary/aromatic N) is 3. The van der Waals surface area contributed by atoms with Gasteiger partial charge < -0.3 is 9.73 Å². The fourth-order valence-corrected chi connectivity index (χ4v) is 3.48. The highest BCUT2D eigenvalue weighted by Crippen LogP contribution is 2.33. The Balaban J connectivity index is 1.48. The van der Waals surface area contributed by atoms with Crippen molar-refractivity contribution < 1.29 is 9.21 Å². The number of amides is 1. The van der Waals surface area contributed by atoms with Gasteiger partial charge in [-0.3, -0.25) is 14.5 Å². The maximum Gasteiger partial charge on any atom is 0.244 e. The Labute approximate surface area is 157 Å². The Morgan fingerprint density at radius 3 is 2.81 bits per heavy atom. The summed E-state index contributed by atoms with van der Waals surface area (Å²) >= 11 is 0. The molecule has 0 unspecified atom stereocenters. The lowest BCUT2D eigenvalue weighted by Gasteiger charge is -2.14.